The van der Waals surface area contributed by atoms with Crippen LogP contribution in [0.3, 0.4) is 0 Å². The minimum Gasteiger partial charge on any atom is -0.508 e. The van der Waals surface area contributed by atoms with Crippen molar-refractivity contribution >= 4 is 23.4 Å². The molecular weight excluding hydrogens is 642 g/mol. The van der Waals surface area contributed by atoms with Crippen LogP contribution in [0.2, 0.25) is 0 Å². The monoisotopic (exact) mass is 677 g/mol. The number of phenolic OH excluding ortho intramolecular Hbond substituents is 3. The average molecular weight is 678 g/mol. The van der Waals surface area contributed by atoms with Crippen molar-refractivity contribution in [3.63, 3.8) is 0 Å². The number of aliphatic hydroxyl groups is 2. The van der Waals surface area contributed by atoms with Gasteiger partial charge in [0.05, 0.1) is 42.0 Å². The number of aromatic hydroxyl groups is 3. The third-order valence-electron chi connectivity index (χ3n) is 9.36. The van der Waals surface area contributed by atoms with E-state index in [1.807, 2.05) is 0 Å². The zero-order valence-corrected chi connectivity index (χ0v) is 26.8. The molecule has 1 heterocycles. The summed E-state index contributed by atoms with van der Waals surface area (Å²) in [7, 11) is 1.32. The van der Waals surface area contributed by atoms with Gasteiger partial charge in [-0.05, 0) is 37.6 Å². The van der Waals surface area contributed by atoms with Gasteiger partial charge in [0.25, 0.3) is 0 Å². The molecular formula is C35H35NO13. The number of ether oxygens (including phenoxy) is 4. The Hall–Kier alpha value is -5.02. The quantitative estimate of drug-likeness (QED) is 0.155. The molecule has 6 atom stereocenters. The Morgan fingerprint density at radius 1 is 1.00 bits per heavy atom. The van der Waals surface area contributed by atoms with Crippen LogP contribution >= 0.6 is 0 Å². The van der Waals surface area contributed by atoms with E-state index in [0.29, 0.717) is 5.56 Å². The summed E-state index contributed by atoms with van der Waals surface area (Å²) in [5.74, 6) is -3.46. The van der Waals surface area contributed by atoms with E-state index in [1.165, 1.54) is 44.4 Å². The fraction of sp³-hybridized carbons (Fsp3) is 0.371. The summed E-state index contributed by atoms with van der Waals surface area (Å²) < 4.78 is 22.6. The number of Topliss-reactive ketones (excluding diaryl/α,β-unsaturated/α-hetero) is 1. The van der Waals surface area contributed by atoms with Gasteiger partial charge in [0.2, 0.25) is 5.78 Å². The largest absolute Gasteiger partial charge is 0.508 e. The van der Waals surface area contributed by atoms with Crippen molar-refractivity contribution in [1.82, 2.24) is 5.32 Å². The molecule has 258 valence electrons. The van der Waals surface area contributed by atoms with E-state index in [0.717, 1.165) is 6.92 Å². The fourth-order valence-electron chi connectivity index (χ4n) is 6.70. The van der Waals surface area contributed by atoms with Crippen molar-refractivity contribution in [3.8, 4) is 23.0 Å². The molecule has 14 nitrogen and oxygen atoms in total. The normalized spacial score (nSPS) is 25.9. The number of methoxy groups -OCH3 is 1. The molecule has 1 aliphatic heterocycles. The number of carbonyl (C=O) groups is 4. The van der Waals surface area contributed by atoms with Crippen molar-refractivity contribution in [2.45, 2.75) is 76.0 Å². The summed E-state index contributed by atoms with van der Waals surface area (Å²) >= 11 is 0. The van der Waals surface area contributed by atoms with E-state index in [2.05, 4.69) is 5.32 Å². The van der Waals surface area contributed by atoms with Gasteiger partial charge in [0.15, 0.2) is 17.9 Å². The second kappa shape index (κ2) is 12.8. The van der Waals surface area contributed by atoms with Crippen LogP contribution < -0.4 is 10.1 Å². The molecule has 0 aromatic heterocycles. The van der Waals surface area contributed by atoms with Crippen molar-refractivity contribution in [3.05, 3.63) is 81.4 Å². The van der Waals surface area contributed by atoms with Crippen molar-refractivity contribution in [1.29, 1.82) is 0 Å². The maximum absolute atomic E-state index is 13.8. The van der Waals surface area contributed by atoms with Crippen LogP contribution in [0.1, 0.15) is 81.3 Å². The number of alkyl carbamates (subject to hydrolysis) is 1. The fourth-order valence-corrected chi connectivity index (χ4v) is 6.70. The smallest absolute Gasteiger partial charge is 0.407 e. The molecule has 0 saturated carbocycles. The molecule has 0 spiro atoms. The number of amides is 1. The number of nitrogens with one attached hydrogen (secondary N) is 1. The van der Waals surface area contributed by atoms with Gasteiger partial charge in [0.1, 0.15) is 41.3 Å². The third-order valence-corrected chi connectivity index (χ3v) is 9.36. The SMILES string of the molecule is COc1cccc2c1C(=O)c1c(O)c3c(c(O)c1C2=O)C[C@@](O)(C(C)=O)C[C@@H]3OC1CC(NC(=O)OCc2ccc(O)cc2)C(O)C(C)O1. The summed E-state index contributed by atoms with van der Waals surface area (Å²) in [5.41, 5.74) is -2.89. The first-order valence-electron chi connectivity index (χ1n) is 15.5. The molecule has 3 aromatic carbocycles. The molecule has 6 N–H and O–H groups in total. The first-order chi connectivity index (χ1) is 23.2. The number of fused-ring (bicyclic) bond motifs is 3. The summed E-state index contributed by atoms with van der Waals surface area (Å²) in [6, 6.07) is 9.44. The standard InChI is InChI=1S/C35H35NO13/c1-15-29(39)21(36-34(44)47-14-17-7-9-18(38)10-8-17)11-24(48-15)49-23-13-35(45,16(2)37)12-20-26(23)33(43)28-27(31(20)41)30(40)19-5-4-6-22(46-3)25(19)32(28)42/h4-10,15,21,23-24,29,38-39,41,43,45H,11-14H2,1-3H3,(H,36,44)/t15?,21?,23-,24?,29?,35-/m0/s1. The van der Waals surface area contributed by atoms with E-state index < -0.39 is 95.2 Å². The zero-order chi connectivity index (χ0) is 35.4. The molecule has 0 bridgehead atoms. The number of hydrogen-bond acceptors (Lipinski definition) is 13. The predicted octanol–water partition coefficient (Wildman–Crippen LogP) is 2.70. The van der Waals surface area contributed by atoms with E-state index in [1.54, 1.807) is 12.1 Å². The van der Waals surface area contributed by atoms with Crippen LogP contribution in [-0.4, -0.2) is 86.2 Å². The molecule has 6 rings (SSSR count). The molecule has 3 aromatic rings. The number of ketones is 3. The maximum Gasteiger partial charge on any atom is 0.407 e. The van der Waals surface area contributed by atoms with E-state index in [-0.39, 0.29) is 46.8 Å². The number of hydrogen-bond donors (Lipinski definition) is 6. The third kappa shape index (κ3) is 5.97. The lowest BCUT2D eigenvalue weighted by Crippen LogP contribution is -2.55. The molecule has 1 amide bonds. The lowest BCUT2D eigenvalue weighted by Gasteiger charge is -2.42. The topological polar surface area (TPSA) is 218 Å². The van der Waals surface area contributed by atoms with E-state index >= 15 is 0 Å². The Morgan fingerprint density at radius 2 is 1.69 bits per heavy atom. The Labute approximate surface area is 279 Å². The second-order valence-corrected chi connectivity index (χ2v) is 12.5. The van der Waals surface area contributed by atoms with Crippen molar-refractivity contribution in [2.24, 2.45) is 0 Å². The van der Waals surface area contributed by atoms with Gasteiger partial charge in [-0.1, -0.05) is 24.3 Å². The van der Waals surface area contributed by atoms with Gasteiger partial charge < -0.3 is 49.8 Å². The summed E-state index contributed by atoms with van der Waals surface area (Å²) in [4.78, 5) is 52.9. The van der Waals surface area contributed by atoms with Crippen LogP contribution in [0.4, 0.5) is 4.79 Å². The van der Waals surface area contributed by atoms with Crippen molar-refractivity contribution in [2.75, 3.05) is 7.11 Å². The van der Waals surface area contributed by atoms with E-state index in [4.69, 9.17) is 18.9 Å². The maximum atomic E-state index is 13.8. The number of benzene rings is 3. The Balaban J connectivity index is 1.31. The number of carbonyl (C=O) groups excluding carboxylic acids is 4. The minimum absolute atomic E-state index is 0.0509. The van der Waals surface area contributed by atoms with Crippen molar-refractivity contribution < 1.29 is 63.7 Å². The lowest BCUT2D eigenvalue weighted by atomic mass is 9.72. The Kier molecular flexibility index (Phi) is 8.83. The predicted molar refractivity (Wildman–Crippen MR) is 168 cm³/mol. The highest BCUT2D eigenvalue weighted by Gasteiger charge is 2.49. The molecule has 1 saturated heterocycles. The molecule has 3 aliphatic rings. The van der Waals surface area contributed by atoms with Gasteiger partial charge in [0, 0.05) is 36.0 Å². The average Bonchev–Trinajstić information content (AvgIpc) is 3.06. The summed E-state index contributed by atoms with van der Waals surface area (Å²) in [6.07, 6.45) is -6.59. The highest BCUT2D eigenvalue weighted by molar-refractivity contribution is 6.31. The zero-order valence-electron chi connectivity index (χ0n) is 26.8. The van der Waals surface area contributed by atoms with Crippen LogP contribution in [-0.2, 0) is 32.0 Å². The van der Waals surface area contributed by atoms with Crippen LogP contribution in [0.25, 0.3) is 0 Å². The first-order valence-corrected chi connectivity index (χ1v) is 15.5. The lowest BCUT2D eigenvalue weighted by molar-refractivity contribution is -0.249. The molecule has 4 unspecified atom stereocenters. The molecule has 49 heavy (non-hydrogen) atoms. The Bertz CT molecular complexity index is 1860. The van der Waals surface area contributed by atoms with Gasteiger partial charge >= 0.3 is 6.09 Å². The Morgan fingerprint density at radius 3 is 2.37 bits per heavy atom. The number of phenols is 3. The van der Waals surface area contributed by atoms with Crippen LogP contribution in [0.15, 0.2) is 42.5 Å². The minimum atomic E-state index is -2.10. The second-order valence-electron chi connectivity index (χ2n) is 12.5. The molecule has 0 radical (unpaired) electrons. The molecule has 14 heteroatoms. The van der Waals surface area contributed by atoms with Gasteiger partial charge in [-0.25, -0.2) is 4.79 Å². The number of aliphatic hydroxyl groups excluding tert-OH is 1. The van der Waals surface area contributed by atoms with Crippen LogP contribution in [0, 0.1) is 0 Å². The van der Waals surface area contributed by atoms with E-state index in [9.17, 15) is 44.7 Å². The molecule has 1 fully saturated rings. The van der Waals surface area contributed by atoms with Gasteiger partial charge in [-0.15, -0.1) is 0 Å². The highest BCUT2D eigenvalue weighted by atomic mass is 16.7. The summed E-state index contributed by atoms with van der Waals surface area (Å²) in [5, 5.41) is 57.5. The first kappa shape index (κ1) is 33.9. The van der Waals surface area contributed by atoms with Gasteiger partial charge in [-0.2, -0.15) is 0 Å². The van der Waals surface area contributed by atoms with Gasteiger partial charge in [-0.3, -0.25) is 14.4 Å². The molecule has 2 aliphatic carbocycles. The van der Waals surface area contributed by atoms with Crippen LogP contribution in [0.5, 0.6) is 23.0 Å². The highest BCUT2D eigenvalue weighted by Crippen LogP contribution is 2.52. The summed E-state index contributed by atoms with van der Waals surface area (Å²) in [6.45, 7) is 2.56. The number of rotatable bonds is 7.